The molecule has 3 nitrogen and oxygen atoms in total. The van der Waals surface area contributed by atoms with Gasteiger partial charge < -0.3 is 4.74 Å². The van der Waals surface area contributed by atoms with E-state index >= 15 is 0 Å². The van der Waals surface area contributed by atoms with Gasteiger partial charge in [-0.25, -0.2) is 13.6 Å². The van der Waals surface area contributed by atoms with Crippen molar-refractivity contribution in [3.8, 4) is 0 Å². The fourth-order valence-corrected chi connectivity index (χ4v) is 2.51. The molecule has 3 rings (SSSR count). The number of halogens is 2. The van der Waals surface area contributed by atoms with Crippen LogP contribution in [0.4, 0.5) is 8.78 Å². The zero-order chi connectivity index (χ0) is 18.5. The third kappa shape index (κ3) is 3.67. The standard InChI is InChI=1S/C21H14F2O3/c22-16-12-7-13-17(23)18(16)21(25)26-20(15-10-5-2-6-11-15)19(24)14-8-3-1-4-9-14/h1-13,20H/t20-/m1/s1. The van der Waals surface area contributed by atoms with Gasteiger partial charge in [0, 0.05) is 11.1 Å². The molecular formula is C21H14F2O3. The highest BCUT2D eigenvalue weighted by Crippen LogP contribution is 2.25. The number of benzene rings is 3. The van der Waals surface area contributed by atoms with Gasteiger partial charge in [-0.05, 0) is 12.1 Å². The molecule has 0 saturated carbocycles. The molecule has 0 spiro atoms. The minimum Gasteiger partial charge on any atom is -0.445 e. The predicted octanol–water partition coefficient (Wildman–Crippen LogP) is 4.75. The van der Waals surface area contributed by atoms with Crippen LogP contribution in [0.5, 0.6) is 0 Å². The normalized spacial score (nSPS) is 11.6. The fourth-order valence-electron chi connectivity index (χ4n) is 2.51. The van der Waals surface area contributed by atoms with Crippen molar-refractivity contribution in [3.05, 3.63) is 107 Å². The number of carbonyl (C=O) groups excluding carboxylic acids is 2. The zero-order valence-electron chi connectivity index (χ0n) is 13.6. The third-order valence-electron chi connectivity index (χ3n) is 3.79. The zero-order valence-corrected chi connectivity index (χ0v) is 13.6. The molecule has 0 aliphatic rings. The largest absolute Gasteiger partial charge is 0.445 e. The Kier molecular flexibility index (Phi) is 5.17. The summed E-state index contributed by atoms with van der Waals surface area (Å²) in [6.45, 7) is 0. The van der Waals surface area contributed by atoms with Crippen LogP contribution in [-0.4, -0.2) is 11.8 Å². The van der Waals surface area contributed by atoms with Crippen LogP contribution >= 0.6 is 0 Å². The van der Waals surface area contributed by atoms with Crippen molar-refractivity contribution in [1.82, 2.24) is 0 Å². The summed E-state index contributed by atoms with van der Waals surface area (Å²) in [5, 5.41) is 0. The molecule has 26 heavy (non-hydrogen) atoms. The van der Waals surface area contributed by atoms with Crippen LogP contribution in [0.15, 0.2) is 78.9 Å². The van der Waals surface area contributed by atoms with E-state index in [0.29, 0.717) is 11.1 Å². The Morgan fingerprint density at radius 3 is 1.85 bits per heavy atom. The number of Topliss-reactive ketones (excluding diaryl/α,β-unsaturated/α-hetero) is 1. The Morgan fingerprint density at radius 1 is 0.731 bits per heavy atom. The Bertz CT molecular complexity index is 904. The third-order valence-corrected chi connectivity index (χ3v) is 3.79. The average Bonchev–Trinajstić information content (AvgIpc) is 2.67. The van der Waals surface area contributed by atoms with E-state index in [9.17, 15) is 18.4 Å². The highest BCUT2D eigenvalue weighted by Gasteiger charge is 2.29. The lowest BCUT2D eigenvalue weighted by molar-refractivity contribution is 0.0271. The highest BCUT2D eigenvalue weighted by molar-refractivity contribution is 6.02. The summed E-state index contributed by atoms with van der Waals surface area (Å²) in [6, 6.07) is 19.6. The van der Waals surface area contributed by atoms with Gasteiger partial charge in [-0.3, -0.25) is 4.79 Å². The molecule has 0 bridgehead atoms. The van der Waals surface area contributed by atoms with Gasteiger partial charge in [0.25, 0.3) is 0 Å². The summed E-state index contributed by atoms with van der Waals surface area (Å²) in [4.78, 5) is 25.2. The van der Waals surface area contributed by atoms with Gasteiger partial charge in [-0.1, -0.05) is 66.7 Å². The van der Waals surface area contributed by atoms with E-state index in [0.717, 1.165) is 18.2 Å². The maximum atomic E-state index is 13.9. The van der Waals surface area contributed by atoms with E-state index in [1.807, 2.05) is 0 Å². The van der Waals surface area contributed by atoms with Crippen LogP contribution in [0.25, 0.3) is 0 Å². The van der Waals surface area contributed by atoms with Crippen LogP contribution in [0, 0.1) is 11.6 Å². The number of hydrogen-bond donors (Lipinski definition) is 0. The van der Waals surface area contributed by atoms with E-state index in [1.54, 1.807) is 60.7 Å². The van der Waals surface area contributed by atoms with Crippen LogP contribution in [0.3, 0.4) is 0 Å². The molecule has 3 aromatic rings. The average molecular weight is 352 g/mol. The highest BCUT2D eigenvalue weighted by atomic mass is 19.1. The second-order valence-electron chi connectivity index (χ2n) is 5.52. The molecule has 0 aliphatic heterocycles. The minimum atomic E-state index is -1.31. The molecular weight excluding hydrogens is 338 g/mol. The van der Waals surface area contributed by atoms with E-state index in [-0.39, 0.29) is 0 Å². The summed E-state index contributed by atoms with van der Waals surface area (Å²) in [7, 11) is 0. The second-order valence-corrected chi connectivity index (χ2v) is 5.52. The second kappa shape index (κ2) is 7.70. The first-order chi connectivity index (χ1) is 12.6. The Labute approximate surface area is 148 Å². The lowest BCUT2D eigenvalue weighted by atomic mass is 9.99. The Hall–Kier alpha value is -3.34. The number of carbonyl (C=O) groups is 2. The van der Waals surface area contributed by atoms with Crippen molar-refractivity contribution in [1.29, 1.82) is 0 Å². The number of hydrogen-bond acceptors (Lipinski definition) is 3. The molecule has 0 heterocycles. The van der Waals surface area contributed by atoms with Crippen LogP contribution in [0.1, 0.15) is 32.4 Å². The van der Waals surface area contributed by atoms with Gasteiger partial charge in [0.05, 0.1) is 0 Å². The molecule has 3 aromatic carbocycles. The fraction of sp³-hybridized carbons (Fsp3) is 0.0476. The molecule has 0 aromatic heterocycles. The molecule has 0 aliphatic carbocycles. The number of ether oxygens (including phenoxy) is 1. The molecule has 0 fully saturated rings. The van der Waals surface area contributed by atoms with Crippen LogP contribution in [-0.2, 0) is 4.74 Å². The summed E-state index contributed by atoms with van der Waals surface area (Å²) >= 11 is 0. The molecule has 0 radical (unpaired) electrons. The first-order valence-corrected chi connectivity index (χ1v) is 7.87. The summed E-state index contributed by atoms with van der Waals surface area (Å²) < 4.78 is 32.9. The number of esters is 1. The van der Waals surface area contributed by atoms with Crippen LogP contribution < -0.4 is 0 Å². The molecule has 0 unspecified atom stereocenters. The van der Waals surface area contributed by atoms with Crippen molar-refractivity contribution in [3.63, 3.8) is 0 Å². The summed E-state index contributed by atoms with van der Waals surface area (Å²) in [5.41, 5.74) is -0.0936. The van der Waals surface area contributed by atoms with E-state index < -0.39 is 35.1 Å². The topological polar surface area (TPSA) is 43.4 Å². The van der Waals surface area contributed by atoms with Gasteiger partial charge in [0.15, 0.2) is 6.10 Å². The molecule has 1 atom stereocenters. The van der Waals surface area contributed by atoms with Gasteiger partial charge in [0.2, 0.25) is 5.78 Å². The molecule has 5 heteroatoms. The Morgan fingerprint density at radius 2 is 1.27 bits per heavy atom. The van der Waals surface area contributed by atoms with Crippen molar-refractivity contribution >= 4 is 11.8 Å². The number of rotatable bonds is 5. The first-order valence-electron chi connectivity index (χ1n) is 7.87. The van der Waals surface area contributed by atoms with E-state index in [1.165, 1.54) is 0 Å². The smallest absolute Gasteiger partial charge is 0.345 e. The van der Waals surface area contributed by atoms with Crippen molar-refractivity contribution in [2.24, 2.45) is 0 Å². The monoisotopic (exact) mass is 352 g/mol. The van der Waals surface area contributed by atoms with Gasteiger partial charge in [-0.15, -0.1) is 0 Å². The van der Waals surface area contributed by atoms with Crippen molar-refractivity contribution in [2.45, 2.75) is 6.10 Å². The van der Waals surface area contributed by atoms with E-state index in [2.05, 4.69) is 0 Å². The SMILES string of the molecule is O=C(O[C@@H](C(=O)c1ccccc1)c1ccccc1)c1c(F)cccc1F. The molecule has 130 valence electrons. The maximum Gasteiger partial charge on any atom is 0.345 e. The van der Waals surface area contributed by atoms with Crippen molar-refractivity contribution < 1.29 is 23.1 Å². The summed E-state index contributed by atoms with van der Waals surface area (Å²) in [6.07, 6.45) is -1.31. The van der Waals surface area contributed by atoms with Crippen molar-refractivity contribution in [2.75, 3.05) is 0 Å². The van der Waals surface area contributed by atoms with Gasteiger partial charge in [-0.2, -0.15) is 0 Å². The van der Waals surface area contributed by atoms with Gasteiger partial charge >= 0.3 is 5.97 Å². The lowest BCUT2D eigenvalue weighted by Gasteiger charge is -2.18. The molecule has 0 N–H and O–H groups in total. The molecule has 0 amide bonds. The maximum absolute atomic E-state index is 13.9. The first kappa shape index (κ1) is 17.5. The summed E-state index contributed by atoms with van der Waals surface area (Å²) in [5.74, 6) is -3.82. The van der Waals surface area contributed by atoms with Crippen LogP contribution in [0.2, 0.25) is 0 Å². The number of ketones is 1. The van der Waals surface area contributed by atoms with E-state index in [4.69, 9.17) is 4.74 Å². The quantitative estimate of drug-likeness (QED) is 0.492. The molecule has 0 saturated heterocycles. The minimum absolute atomic E-state index is 0.322. The predicted molar refractivity (Wildman–Crippen MR) is 91.7 cm³/mol. The Balaban J connectivity index is 1.97. The lowest BCUT2D eigenvalue weighted by Crippen LogP contribution is -2.21. The van der Waals surface area contributed by atoms with Gasteiger partial charge in [0.1, 0.15) is 17.2 Å².